The molecule has 0 saturated carbocycles. The molecule has 70 heavy (non-hydrogen) atoms. The molecule has 0 amide bonds. The number of pyridine rings is 2. The molecule has 0 atom stereocenters. The molecular weight excluding hydrogens is 891 g/mol. The Morgan fingerprint density at radius 1 is 0.257 bits per heavy atom. The molecule has 0 aliphatic carbocycles. The van der Waals surface area contributed by atoms with Crippen molar-refractivity contribution in [2.75, 3.05) is 0 Å². The molecule has 14 rings (SSSR count). The second kappa shape index (κ2) is 16.5. The minimum absolute atomic E-state index is 0.619. The van der Waals surface area contributed by atoms with Crippen molar-refractivity contribution < 1.29 is 0 Å². The van der Waals surface area contributed by atoms with Gasteiger partial charge in [0.2, 0.25) is 0 Å². The summed E-state index contributed by atoms with van der Waals surface area (Å²) in [4.78, 5) is 26.0. The molecule has 0 N–H and O–H groups in total. The van der Waals surface area contributed by atoms with Gasteiger partial charge in [0.25, 0.3) is 0 Å². The maximum absolute atomic E-state index is 5.45. The zero-order valence-corrected chi connectivity index (χ0v) is 39.0. The highest BCUT2D eigenvalue weighted by Crippen LogP contribution is 2.43. The van der Waals surface area contributed by atoms with Gasteiger partial charge >= 0.3 is 0 Å². The molecule has 7 heteroatoms. The highest BCUT2D eigenvalue weighted by atomic mass is 32.1. The van der Waals surface area contributed by atoms with Gasteiger partial charge in [0.15, 0.2) is 17.5 Å². The molecule has 5 nitrogen and oxygen atoms in total. The van der Waals surface area contributed by atoms with Gasteiger partial charge in [-0.3, -0.25) is 0 Å². The molecule has 5 heterocycles. The Morgan fingerprint density at radius 2 is 0.743 bits per heavy atom. The summed E-state index contributed by atoms with van der Waals surface area (Å²) in [6, 6.07) is 79.4. The summed E-state index contributed by atoms with van der Waals surface area (Å²) < 4.78 is 5.01. The van der Waals surface area contributed by atoms with Gasteiger partial charge in [-0.2, -0.15) is 0 Å². The van der Waals surface area contributed by atoms with E-state index in [2.05, 4.69) is 200 Å². The normalized spacial score (nSPS) is 11.7. The van der Waals surface area contributed by atoms with Crippen molar-refractivity contribution in [1.29, 1.82) is 0 Å². The Balaban J connectivity index is 0.912. The van der Waals surface area contributed by atoms with Crippen LogP contribution in [-0.4, -0.2) is 24.9 Å². The Morgan fingerprint density at radius 3 is 1.46 bits per heavy atom. The fraction of sp³-hybridized carbons (Fsp3) is 0. The van der Waals surface area contributed by atoms with Gasteiger partial charge in [-0.1, -0.05) is 170 Å². The number of hydrogen-bond donors (Lipinski definition) is 0. The summed E-state index contributed by atoms with van der Waals surface area (Å²) in [5.74, 6) is 1.89. The molecule has 0 spiro atoms. The lowest BCUT2D eigenvalue weighted by Gasteiger charge is -2.14. The van der Waals surface area contributed by atoms with E-state index < -0.39 is 0 Å². The fourth-order valence-electron chi connectivity index (χ4n) is 9.84. The highest BCUT2D eigenvalue weighted by molar-refractivity contribution is 7.26. The largest absolute Gasteiger partial charge is 0.245 e. The van der Waals surface area contributed by atoms with Gasteiger partial charge in [0, 0.05) is 78.9 Å². The SMILES string of the molecule is c1ccc(-c2ccc3ccc4ccc(-c5cc(-c6ccc(-c7nc(-c8ccccc8)nc(-c8ccc9c(c8)sc8ccccc89)n7)cc6)cc(-c6cccc7sc8ccccc8c67)c5)nc4c3n2)cc1. The Bertz CT molecular complexity index is 4350. The van der Waals surface area contributed by atoms with E-state index in [1.807, 2.05) is 35.6 Å². The van der Waals surface area contributed by atoms with Crippen LogP contribution in [0.15, 0.2) is 224 Å². The maximum atomic E-state index is 5.45. The number of benzene rings is 9. The molecular formula is C63H37N5S2. The van der Waals surface area contributed by atoms with Crippen molar-refractivity contribution in [2.45, 2.75) is 0 Å². The quantitative estimate of drug-likeness (QED) is 0.149. The van der Waals surface area contributed by atoms with E-state index in [1.165, 1.54) is 45.9 Å². The molecule has 5 aromatic heterocycles. The van der Waals surface area contributed by atoms with Crippen LogP contribution in [0.4, 0.5) is 0 Å². The van der Waals surface area contributed by atoms with Gasteiger partial charge in [0.1, 0.15) is 0 Å². The number of hydrogen-bond acceptors (Lipinski definition) is 7. The predicted molar refractivity (Wildman–Crippen MR) is 294 cm³/mol. The van der Waals surface area contributed by atoms with E-state index in [1.54, 1.807) is 11.3 Å². The average Bonchev–Trinajstić information content (AvgIpc) is 4.01. The molecule has 0 radical (unpaired) electrons. The minimum Gasteiger partial charge on any atom is -0.245 e. The molecule has 0 unspecified atom stereocenters. The highest BCUT2D eigenvalue weighted by Gasteiger charge is 2.18. The second-order valence-corrected chi connectivity index (χ2v) is 19.8. The molecule has 0 aliphatic rings. The lowest BCUT2D eigenvalue weighted by atomic mass is 9.92. The lowest BCUT2D eigenvalue weighted by molar-refractivity contribution is 1.07. The summed E-state index contributed by atoms with van der Waals surface area (Å²) in [6.07, 6.45) is 0. The van der Waals surface area contributed by atoms with Gasteiger partial charge in [-0.15, -0.1) is 22.7 Å². The van der Waals surface area contributed by atoms with Gasteiger partial charge in [-0.25, -0.2) is 24.9 Å². The van der Waals surface area contributed by atoms with Gasteiger partial charge < -0.3 is 0 Å². The van der Waals surface area contributed by atoms with Crippen molar-refractivity contribution >= 4 is 84.8 Å². The van der Waals surface area contributed by atoms with Crippen LogP contribution < -0.4 is 0 Å². The third-order valence-corrected chi connectivity index (χ3v) is 15.6. The number of aromatic nitrogens is 5. The van der Waals surface area contributed by atoms with Crippen LogP contribution in [0.2, 0.25) is 0 Å². The van der Waals surface area contributed by atoms with Gasteiger partial charge in [-0.05, 0) is 76.9 Å². The van der Waals surface area contributed by atoms with Gasteiger partial charge in [0.05, 0.1) is 22.4 Å². The first kappa shape index (κ1) is 40.3. The Labute approximate surface area is 410 Å². The maximum Gasteiger partial charge on any atom is 0.164 e. The van der Waals surface area contributed by atoms with E-state index in [9.17, 15) is 0 Å². The zero-order chi connectivity index (χ0) is 46.1. The van der Waals surface area contributed by atoms with E-state index >= 15 is 0 Å². The molecule has 0 saturated heterocycles. The average molecular weight is 928 g/mol. The third kappa shape index (κ3) is 7.02. The smallest absolute Gasteiger partial charge is 0.164 e. The van der Waals surface area contributed by atoms with Crippen LogP contribution >= 0.6 is 22.7 Å². The van der Waals surface area contributed by atoms with Crippen LogP contribution in [0, 0.1) is 0 Å². The molecule has 0 fully saturated rings. The second-order valence-electron chi connectivity index (χ2n) is 17.6. The van der Waals surface area contributed by atoms with Crippen molar-refractivity contribution in [1.82, 2.24) is 24.9 Å². The molecule has 0 bridgehead atoms. The molecule has 326 valence electrons. The Kier molecular flexibility index (Phi) is 9.50. The first-order valence-electron chi connectivity index (χ1n) is 23.3. The van der Waals surface area contributed by atoms with Crippen molar-refractivity contribution in [3.63, 3.8) is 0 Å². The van der Waals surface area contributed by atoms with Crippen molar-refractivity contribution in [2.24, 2.45) is 0 Å². The van der Waals surface area contributed by atoms with Crippen LogP contribution in [0.1, 0.15) is 0 Å². The van der Waals surface area contributed by atoms with Crippen LogP contribution in [0.5, 0.6) is 0 Å². The summed E-state index contributed by atoms with van der Waals surface area (Å²) in [6.45, 7) is 0. The predicted octanol–water partition coefficient (Wildman–Crippen LogP) is 17.4. The molecule has 9 aromatic carbocycles. The number of thiophene rings is 2. The number of nitrogens with zero attached hydrogens (tertiary/aromatic N) is 5. The topological polar surface area (TPSA) is 64.5 Å². The fourth-order valence-corrected chi connectivity index (χ4v) is 12.1. The van der Waals surface area contributed by atoms with E-state index in [4.69, 9.17) is 24.9 Å². The van der Waals surface area contributed by atoms with E-state index in [-0.39, 0.29) is 0 Å². The Hall–Kier alpha value is -8.75. The summed E-state index contributed by atoms with van der Waals surface area (Å²) in [5, 5.41) is 7.14. The zero-order valence-electron chi connectivity index (χ0n) is 37.4. The van der Waals surface area contributed by atoms with Crippen LogP contribution in [0.3, 0.4) is 0 Å². The number of fused-ring (bicyclic) bond motifs is 9. The molecule has 0 aliphatic heterocycles. The first-order chi connectivity index (χ1) is 34.6. The van der Waals surface area contributed by atoms with Crippen LogP contribution in [0.25, 0.3) is 141 Å². The van der Waals surface area contributed by atoms with E-state index in [0.29, 0.717) is 17.5 Å². The minimum atomic E-state index is 0.619. The first-order valence-corrected chi connectivity index (χ1v) is 24.9. The van der Waals surface area contributed by atoms with Crippen molar-refractivity contribution in [3.05, 3.63) is 224 Å². The number of rotatable bonds is 7. The van der Waals surface area contributed by atoms with Crippen molar-refractivity contribution in [3.8, 4) is 78.9 Å². The lowest BCUT2D eigenvalue weighted by Crippen LogP contribution is -2.00. The van der Waals surface area contributed by atoms with E-state index in [0.717, 1.165) is 77.7 Å². The monoisotopic (exact) mass is 927 g/mol. The molecule has 14 aromatic rings. The summed E-state index contributed by atoms with van der Waals surface area (Å²) >= 11 is 3.63. The summed E-state index contributed by atoms with van der Waals surface area (Å²) in [5.41, 5.74) is 12.9. The summed E-state index contributed by atoms with van der Waals surface area (Å²) in [7, 11) is 0. The standard InChI is InChI=1S/C63H37N5S2/c1-3-12-39(13-4-1)52-32-29-40-24-25-41-30-33-53(65-60(41)59(40)64-52)47-35-45(34-46(36-47)48-18-11-21-56-58(48)51-17-8-10-20-55(51)69-56)38-22-26-43(27-23-38)62-66-61(42-14-5-2-6-15-42)67-63(68-62)44-28-31-50-49-16-7-9-19-54(49)70-57(50)37-44/h1-37H. The third-order valence-electron chi connectivity index (χ3n) is 13.3. The van der Waals surface area contributed by atoms with Crippen LogP contribution in [-0.2, 0) is 0 Å².